The van der Waals surface area contributed by atoms with Crippen LogP contribution in [0.1, 0.15) is 21.7 Å². The van der Waals surface area contributed by atoms with Crippen LogP contribution in [0, 0.1) is 19.7 Å². The Morgan fingerprint density at radius 3 is 2.68 bits per heavy atom. The lowest BCUT2D eigenvalue weighted by molar-refractivity contribution is 0.0686. The fraction of sp³-hybridized carbons (Fsp3) is 0.154. The molecule has 0 unspecified atom stereocenters. The Hall–Kier alpha value is -2.50. The van der Waals surface area contributed by atoms with Crippen molar-refractivity contribution in [2.24, 2.45) is 0 Å². The van der Waals surface area contributed by atoms with Crippen molar-refractivity contribution in [3.8, 4) is 5.69 Å². The predicted molar refractivity (Wildman–Crippen MR) is 66.2 cm³/mol. The van der Waals surface area contributed by atoms with Gasteiger partial charge in [-0.05, 0) is 26.0 Å². The quantitative estimate of drug-likeness (QED) is 0.893. The van der Waals surface area contributed by atoms with Crippen LogP contribution < -0.4 is 5.43 Å². The number of carbonyl (C=O) groups is 1. The van der Waals surface area contributed by atoms with E-state index in [1.807, 2.05) is 0 Å². The highest BCUT2D eigenvalue weighted by Gasteiger charge is 2.15. The Labute approximate surface area is 107 Å². The van der Waals surface area contributed by atoms with E-state index in [2.05, 4.69) is 5.10 Å². The van der Waals surface area contributed by atoms with Gasteiger partial charge in [0.1, 0.15) is 5.82 Å². The number of nitrogens with zero attached hydrogens (tertiary/aromatic N) is 2. The maximum atomic E-state index is 13.5. The number of hydrogen-bond donors (Lipinski definition) is 1. The monoisotopic (exact) mass is 262 g/mol. The summed E-state index contributed by atoms with van der Waals surface area (Å²) < 4.78 is 14.8. The fourth-order valence-electron chi connectivity index (χ4n) is 1.76. The van der Waals surface area contributed by atoms with E-state index in [-0.39, 0.29) is 0 Å². The average Bonchev–Trinajstić information content (AvgIpc) is 2.33. The molecule has 0 atom stereocenters. The van der Waals surface area contributed by atoms with Crippen molar-refractivity contribution in [1.29, 1.82) is 0 Å². The Morgan fingerprint density at radius 2 is 2.05 bits per heavy atom. The molecule has 19 heavy (non-hydrogen) atoms. The fourth-order valence-corrected chi connectivity index (χ4v) is 1.76. The summed E-state index contributed by atoms with van der Waals surface area (Å²) in [6.45, 7) is 3.16. The lowest BCUT2D eigenvalue weighted by Gasteiger charge is -2.12. The molecule has 2 rings (SSSR count). The molecule has 0 amide bonds. The number of carboxylic acid groups (broad SMARTS) is 1. The third kappa shape index (κ3) is 2.24. The smallest absolute Gasteiger partial charge is 0.360 e. The van der Waals surface area contributed by atoms with Crippen LogP contribution in [-0.2, 0) is 0 Å². The van der Waals surface area contributed by atoms with Crippen LogP contribution >= 0.6 is 0 Å². The first-order chi connectivity index (χ1) is 8.91. The molecule has 0 saturated carbocycles. The van der Waals surface area contributed by atoms with Crippen molar-refractivity contribution in [2.75, 3.05) is 0 Å². The first kappa shape index (κ1) is 12.9. The molecule has 1 aromatic carbocycles. The third-order valence-electron chi connectivity index (χ3n) is 2.78. The maximum absolute atomic E-state index is 13.5. The summed E-state index contributed by atoms with van der Waals surface area (Å²) >= 11 is 0. The van der Waals surface area contributed by atoms with Crippen LogP contribution in [0.5, 0.6) is 0 Å². The second kappa shape index (κ2) is 4.64. The zero-order chi connectivity index (χ0) is 14.2. The van der Waals surface area contributed by atoms with Crippen LogP contribution in [0.3, 0.4) is 0 Å². The molecule has 6 heteroatoms. The van der Waals surface area contributed by atoms with E-state index in [1.54, 1.807) is 19.9 Å². The van der Waals surface area contributed by atoms with E-state index in [4.69, 9.17) is 5.11 Å². The van der Waals surface area contributed by atoms with Crippen molar-refractivity contribution < 1.29 is 14.3 Å². The molecule has 98 valence electrons. The summed E-state index contributed by atoms with van der Waals surface area (Å²) in [4.78, 5) is 22.4. The van der Waals surface area contributed by atoms with Crippen molar-refractivity contribution in [2.45, 2.75) is 13.8 Å². The summed E-state index contributed by atoms with van der Waals surface area (Å²) in [5, 5.41) is 12.7. The van der Waals surface area contributed by atoms with E-state index in [0.717, 1.165) is 0 Å². The van der Waals surface area contributed by atoms with Crippen LogP contribution in [-0.4, -0.2) is 20.9 Å². The molecular formula is C13H11FN2O3. The van der Waals surface area contributed by atoms with E-state index >= 15 is 0 Å². The van der Waals surface area contributed by atoms with Gasteiger partial charge in [0.25, 0.3) is 0 Å². The molecule has 0 aliphatic heterocycles. The van der Waals surface area contributed by atoms with Crippen LogP contribution in [0.2, 0.25) is 0 Å². The molecule has 0 saturated heterocycles. The Kier molecular flexibility index (Phi) is 3.16. The molecule has 5 nitrogen and oxygen atoms in total. The molecular weight excluding hydrogens is 251 g/mol. The van der Waals surface area contributed by atoms with Gasteiger partial charge in [-0.3, -0.25) is 4.79 Å². The summed E-state index contributed by atoms with van der Waals surface area (Å²) in [7, 11) is 0. The molecule has 0 aliphatic carbocycles. The van der Waals surface area contributed by atoms with Gasteiger partial charge in [0.2, 0.25) is 11.1 Å². The van der Waals surface area contributed by atoms with Gasteiger partial charge in [0.05, 0.1) is 5.69 Å². The maximum Gasteiger partial charge on any atom is 0.360 e. The normalized spacial score (nSPS) is 10.5. The first-order valence-corrected chi connectivity index (χ1v) is 5.51. The van der Waals surface area contributed by atoms with Gasteiger partial charge in [0, 0.05) is 17.3 Å². The van der Waals surface area contributed by atoms with Gasteiger partial charge in [-0.15, -0.1) is 0 Å². The zero-order valence-corrected chi connectivity index (χ0v) is 10.3. The number of aromatic carboxylic acids is 1. The van der Waals surface area contributed by atoms with Gasteiger partial charge >= 0.3 is 5.97 Å². The van der Waals surface area contributed by atoms with Gasteiger partial charge < -0.3 is 5.11 Å². The van der Waals surface area contributed by atoms with Gasteiger partial charge in [-0.1, -0.05) is 6.07 Å². The molecule has 1 aromatic heterocycles. The number of rotatable bonds is 2. The highest BCUT2D eigenvalue weighted by molar-refractivity contribution is 5.84. The van der Waals surface area contributed by atoms with Gasteiger partial charge in [0.15, 0.2) is 0 Å². The molecule has 0 radical (unpaired) electrons. The SMILES string of the molecule is Cc1c(F)cccc1-n1nc(C(=O)O)c(=O)cc1C. The highest BCUT2D eigenvalue weighted by Crippen LogP contribution is 2.17. The number of aromatic nitrogens is 2. The van der Waals surface area contributed by atoms with Crippen LogP contribution in [0.4, 0.5) is 4.39 Å². The number of halogens is 1. The number of hydrogen-bond acceptors (Lipinski definition) is 3. The molecule has 0 spiro atoms. The van der Waals surface area contributed by atoms with Crippen molar-refractivity contribution in [3.63, 3.8) is 0 Å². The van der Waals surface area contributed by atoms with Gasteiger partial charge in [-0.2, -0.15) is 5.10 Å². The van der Waals surface area contributed by atoms with E-state index in [9.17, 15) is 14.0 Å². The number of benzene rings is 1. The molecule has 0 aliphatic rings. The summed E-state index contributed by atoms with van der Waals surface area (Å²) in [5.41, 5.74) is -0.0913. The van der Waals surface area contributed by atoms with Crippen molar-refractivity contribution >= 4 is 5.97 Å². The van der Waals surface area contributed by atoms with Crippen molar-refractivity contribution in [1.82, 2.24) is 9.78 Å². The molecule has 0 fully saturated rings. The topological polar surface area (TPSA) is 72.2 Å². The largest absolute Gasteiger partial charge is 0.476 e. The zero-order valence-electron chi connectivity index (χ0n) is 10.3. The minimum absolute atomic E-state index is 0.332. The third-order valence-corrected chi connectivity index (χ3v) is 2.78. The average molecular weight is 262 g/mol. The van der Waals surface area contributed by atoms with Crippen LogP contribution in [0.25, 0.3) is 5.69 Å². The summed E-state index contributed by atoms with van der Waals surface area (Å²) in [6, 6.07) is 5.57. The molecule has 2 aromatic rings. The molecule has 1 heterocycles. The molecule has 0 bridgehead atoms. The Bertz CT molecular complexity index is 722. The lowest BCUT2D eigenvalue weighted by atomic mass is 10.2. The predicted octanol–water partition coefficient (Wildman–Crippen LogP) is 1.69. The summed E-state index contributed by atoms with van der Waals surface area (Å²) in [6.07, 6.45) is 0. The van der Waals surface area contributed by atoms with E-state index in [1.165, 1.54) is 22.9 Å². The standard InChI is InChI=1S/C13H11FN2O3/c1-7-6-11(17)12(13(18)19)15-16(7)10-5-3-4-9(14)8(10)2/h3-6H,1-2H3,(H,18,19). The first-order valence-electron chi connectivity index (χ1n) is 5.51. The minimum atomic E-state index is -1.41. The second-order valence-corrected chi connectivity index (χ2v) is 4.10. The van der Waals surface area contributed by atoms with Crippen LogP contribution in [0.15, 0.2) is 29.1 Å². The van der Waals surface area contributed by atoms with Crippen molar-refractivity contribution in [3.05, 3.63) is 57.3 Å². The highest BCUT2D eigenvalue weighted by atomic mass is 19.1. The molecule has 1 N–H and O–H groups in total. The Morgan fingerprint density at radius 1 is 1.37 bits per heavy atom. The van der Waals surface area contributed by atoms with E-state index in [0.29, 0.717) is 16.9 Å². The van der Waals surface area contributed by atoms with E-state index < -0.39 is 22.9 Å². The number of aryl methyl sites for hydroxylation is 1. The van der Waals surface area contributed by atoms with Gasteiger partial charge in [-0.25, -0.2) is 13.9 Å². The number of carboxylic acids is 1. The second-order valence-electron chi connectivity index (χ2n) is 4.10. The minimum Gasteiger partial charge on any atom is -0.476 e. The Balaban J connectivity index is 2.76. The lowest BCUT2D eigenvalue weighted by Crippen LogP contribution is -2.23. The summed E-state index contributed by atoms with van der Waals surface area (Å²) in [5.74, 6) is -1.83.